The highest BCUT2D eigenvalue weighted by Crippen LogP contribution is 2.37. The van der Waals surface area contributed by atoms with Crippen LogP contribution in [0.15, 0.2) is 17.1 Å². The van der Waals surface area contributed by atoms with Gasteiger partial charge in [-0.3, -0.25) is 14.5 Å². The first kappa shape index (κ1) is 17.9. The van der Waals surface area contributed by atoms with E-state index in [0.717, 1.165) is 0 Å². The van der Waals surface area contributed by atoms with Gasteiger partial charge >= 0.3 is 0 Å². The van der Waals surface area contributed by atoms with Crippen LogP contribution in [0.4, 0.5) is 5.69 Å². The fourth-order valence-corrected chi connectivity index (χ4v) is 3.74. The summed E-state index contributed by atoms with van der Waals surface area (Å²) < 4.78 is 0. The SMILES string of the molecule is CCN1C(=O)CC(C(=O)NC)SC1=Nc1cc(Cl)c(O)c(Cl)c1. The van der Waals surface area contributed by atoms with Crippen LogP contribution in [-0.2, 0) is 9.59 Å². The first-order chi connectivity index (χ1) is 10.9. The molecule has 0 radical (unpaired) electrons. The number of carbonyl (C=O) groups is 2. The largest absolute Gasteiger partial charge is 0.505 e. The highest BCUT2D eigenvalue weighted by molar-refractivity contribution is 8.15. The van der Waals surface area contributed by atoms with Gasteiger partial charge in [0.15, 0.2) is 10.9 Å². The highest BCUT2D eigenvalue weighted by atomic mass is 35.5. The van der Waals surface area contributed by atoms with E-state index in [-0.39, 0.29) is 34.0 Å². The fraction of sp³-hybridized carbons (Fsp3) is 0.357. The standard InChI is InChI=1S/C14H15Cl2N3O3S/c1-3-19-11(20)6-10(13(22)17-2)23-14(19)18-7-4-8(15)12(21)9(16)5-7/h4-5,10,21H,3,6H2,1-2H3,(H,17,22). The van der Waals surface area contributed by atoms with Crippen LogP contribution in [0.1, 0.15) is 13.3 Å². The van der Waals surface area contributed by atoms with Gasteiger partial charge in [0.1, 0.15) is 0 Å². The Kier molecular flexibility index (Phi) is 5.78. The summed E-state index contributed by atoms with van der Waals surface area (Å²) in [7, 11) is 1.52. The minimum Gasteiger partial charge on any atom is -0.505 e. The van der Waals surface area contributed by atoms with E-state index in [9.17, 15) is 14.7 Å². The number of halogens is 2. The molecule has 1 aliphatic heterocycles. The normalized spacial score (nSPS) is 20.0. The van der Waals surface area contributed by atoms with E-state index in [0.29, 0.717) is 17.4 Å². The van der Waals surface area contributed by atoms with Gasteiger partial charge in [-0.05, 0) is 19.1 Å². The molecule has 1 aliphatic rings. The Morgan fingerprint density at radius 3 is 2.61 bits per heavy atom. The van der Waals surface area contributed by atoms with Gasteiger partial charge in [-0.2, -0.15) is 0 Å². The summed E-state index contributed by atoms with van der Waals surface area (Å²) in [6.07, 6.45) is 0.119. The minimum absolute atomic E-state index is 0.0647. The molecule has 1 atom stereocenters. The smallest absolute Gasteiger partial charge is 0.233 e. The van der Waals surface area contributed by atoms with Crippen molar-refractivity contribution in [2.45, 2.75) is 18.6 Å². The topological polar surface area (TPSA) is 82.0 Å². The van der Waals surface area contributed by atoms with Crippen molar-refractivity contribution >= 4 is 57.6 Å². The zero-order valence-corrected chi connectivity index (χ0v) is 14.8. The van der Waals surface area contributed by atoms with E-state index < -0.39 is 5.25 Å². The second-order valence-electron chi connectivity index (χ2n) is 4.72. The van der Waals surface area contributed by atoms with Crippen molar-refractivity contribution in [2.75, 3.05) is 13.6 Å². The van der Waals surface area contributed by atoms with Crippen LogP contribution < -0.4 is 5.32 Å². The molecule has 124 valence electrons. The molecular formula is C14H15Cl2N3O3S. The zero-order valence-electron chi connectivity index (χ0n) is 12.5. The summed E-state index contributed by atoms with van der Waals surface area (Å²) >= 11 is 13.0. The Morgan fingerprint density at radius 1 is 1.48 bits per heavy atom. The third kappa shape index (κ3) is 3.91. The van der Waals surface area contributed by atoms with Gasteiger partial charge < -0.3 is 10.4 Å². The van der Waals surface area contributed by atoms with Crippen molar-refractivity contribution < 1.29 is 14.7 Å². The van der Waals surface area contributed by atoms with Crippen molar-refractivity contribution in [1.82, 2.24) is 10.2 Å². The van der Waals surface area contributed by atoms with Gasteiger partial charge in [0.2, 0.25) is 11.8 Å². The summed E-state index contributed by atoms with van der Waals surface area (Å²) in [5, 5.41) is 12.1. The maximum Gasteiger partial charge on any atom is 0.233 e. The van der Waals surface area contributed by atoms with Crippen molar-refractivity contribution in [3.63, 3.8) is 0 Å². The molecule has 1 unspecified atom stereocenters. The minimum atomic E-state index is -0.530. The van der Waals surface area contributed by atoms with Crippen LogP contribution in [-0.4, -0.2) is 45.8 Å². The highest BCUT2D eigenvalue weighted by Gasteiger charge is 2.34. The molecule has 0 spiro atoms. The van der Waals surface area contributed by atoms with Crippen molar-refractivity contribution in [2.24, 2.45) is 4.99 Å². The summed E-state index contributed by atoms with van der Waals surface area (Å²) in [6.45, 7) is 2.26. The van der Waals surface area contributed by atoms with E-state index in [4.69, 9.17) is 23.2 Å². The summed E-state index contributed by atoms with van der Waals surface area (Å²) in [4.78, 5) is 29.9. The molecule has 1 fully saturated rings. The Bertz CT molecular complexity index is 658. The molecular weight excluding hydrogens is 361 g/mol. The van der Waals surface area contributed by atoms with Crippen LogP contribution in [0, 0.1) is 0 Å². The first-order valence-electron chi connectivity index (χ1n) is 6.82. The van der Waals surface area contributed by atoms with E-state index in [1.807, 2.05) is 6.92 Å². The molecule has 1 saturated heterocycles. The van der Waals surface area contributed by atoms with Gasteiger partial charge in [0.05, 0.1) is 21.0 Å². The summed E-state index contributed by atoms with van der Waals surface area (Å²) in [6, 6.07) is 2.89. The fourth-order valence-electron chi connectivity index (χ4n) is 2.04. The van der Waals surface area contributed by atoms with Crippen LogP contribution >= 0.6 is 35.0 Å². The number of benzene rings is 1. The predicted octanol–water partition coefficient (Wildman–Crippen LogP) is 2.79. The van der Waals surface area contributed by atoms with Crippen LogP contribution in [0.5, 0.6) is 5.75 Å². The van der Waals surface area contributed by atoms with E-state index in [1.54, 1.807) is 0 Å². The Labute approximate surface area is 147 Å². The molecule has 2 rings (SSSR count). The number of amidine groups is 1. The van der Waals surface area contributed by atoms with Gasteiger partial charge in [-0.25, -0.2) is 4.99 Å². The Hall–Kier alpha value is -1.44. The van der Waals surface area contributed by atoms with Gasteiger partial charge in [-0.15, -0.1) is 0 Å². The van der Waals surface area contributed by atoms with Crippen LogP contribution in [0.2, 0.25) is 10.0 Å². The Morgan fingerprint density at radius 2 is 2.09 bits per heavy atom. The molecule has 0 saturated carbocycles. The second-order valence-corrected chi connectivity index (χ2v) is 6.70. The number of nitrogens with one attached hydrogen (secondary N) is 1. The quantitative estimate of drug-likeness (QED) is 0.850. The van der Waals surface area contributed by atoms with Gasteiger partial charge in [-0.1, -0.05) is 35.0 Å². The maximum atomic E-state index is 12.2. The molecule has 0 bridgehead atoms. The molecule has 23 heavy (non-hydrogen) atoms. The van der Waals surface area contributed by atoms with E-state index in [1.165, 1.54) is 35.8 Å². The number of amides is 2. The molecule has 1 heterocycles. The van der Waals surface area contributed by atoms with Crippen molar-refractivity contribution in [3.8, 4) is 5.75 Å². The van der Waals surface area contributed by atoms with E-state index in [2.05, 4.69) is 10.3 Å². The van der Waals surface area contributed by atoms with Gasteiger partial charge in [0.25, 0.3) is 0 Å². The van der Waals surface area contributed by atoms with Gasteiger partial charge in [0, 0.05) is 20.0 Å². The summed E-state index contributed by atoms with van der Waals surface area (Å²) in [5.41, 5.74) is 0.393. The number of phenolic OH excluding ortho intramolecular Hbond substituents is 1. The average Bonchev–Trinajstić information content (AvgIpc) is 2.51. The zero-order chi connectivity index (χ0) is 17.1. The molecule has 9 heteroatoms. The number of hydrogen-bond acceptors (Lipinski definition) is 5. The average molecular weight is 376 g/mol. The molecule has 1 aromatic carbocycles. The number of phenols is 1. The predicted molar refractivity (Wildman–Crippen MR) is 92.7 cm³/mol. The first-order valence-corrected chi connectivity index (χ1v) is 8.46. The molecule has 2 N–H and O–H groups in total. The molecule has 6 nitrogen and oxygen atoms in total. The third-order valence-electron chi connectivity index (χ3n) is 3.22. The number of aromatic hydroxyl groups is 1. The summed E-state index contributed by atoms with van der Waals surface area (Å²) in [5.74, 6) is -0.622. The number of nitrogens with zero attached hydrogens (tertiary/aromatic N) is 2. The molecule has 1 aromatic rings. The number of hydrogen-bond donors (Lipinski definition) is 2. The molecule has 0 aromatic heterocycles. The second kappa shape index (κ2) is 7.42. The Balaban J connectivity index is 2.40. The molecule has 0 aliphatic carbocycles. The lowest BCUT2D eigenvalue weighted by molar-refractivity contribution is -0.130. The lowest BCUT2D eigenvalue weighted by atomic mass is 10.2. The monoisotopic (exact) mass is 375 g/mol. The van der Waals surface area contributed by atoms with Crippen molar-refractivity contribution in [3.05, 3.63) is 22.2 Å². The number of aliphatic imine (C=N–C) groups is 1. The van der Waals surface area contributed by atoms with Crippen LogP contribution in [0.3, 0.4) is 0 Å². The van der Waals surface area contributed by atoms with E-state index >= 15 is 0 Å². The maximum absolute atomic E-state index is 12.2. The van der Waals surface area contributed by atoms with Crippen LogP contribution in [0.25, 0.3) is 0 Å². The number of thioether (sulfide) groups is 1. The number of carbonyl (C=O) groups excluding carboxylic acids is 2. The van der Waals surface area contributed by atoms with Crippen molar-refractivity contribution in [1.29, 1.82) is 0 Å². The lowest BCUT2D eigenvalue weighted by Gasteiger charge is -2.30. The number of rotatable bonds is 3. The molecule has 2 amide bonds. The third-order valence-corrected chi connectivity index (χ3v) is 4.99. The lowest BCUT2D eigenvalue weighted by Crippen LogP contribution is -2.46.